The monoisotopic (exact) mass is 323 g/mol. The Balaban J connectivity index is 2.09. The first-order chi connectivity index (χ1) is 9.97. The molecule has 0 radical (unpaired) electrons. The summed E-state index contributed by atoms with van der Waals surface area (Å²) in [5.74, 6) is -0.508. The number of anilines is 1. The molecule has 8 heteroatoms. The van der Waals surface area contributed by atoms with Crippen LogP contribution in [0.25, 0.3) is 11.0 Å². The summed E-state index contributed by atoms with van der Waals surface area (Å²) in [6, 6.07) is 8.66. The van der Waals surface area contributed by atoms with Crippen molar-refractivity contribution in [1.82, 2.24) is 8.75 Å². The minimum atomic E-state index is -3.86. The Morgan fingerprint density at radius 2 is 2.00 bits per heavy atom. The van der Waals surface area contributed by atoms with E-state index >= 15 is 0 Å². The molecule has 0 fully saturated rings. The molecule has 21 heavy (non-hydrogen) atoms. The number of sulfonamides is 1. The molecule has 0 bridgehead atoms. The summed E-state index contributed by atoms with van der Waals surface area (Å²) in [5, 5.41) is 0. The largest absolute Gasteiger partial charge is 0.279 e. The molecular weight excluding hydrogens is 313 g/mol. The van der Waals surface area contributed by atoms with Crippen LogP contribution in [-0.4, -0.2) is 17.2 Å². The number of rotatable bonds is 3. The average molecular weight is 323 g/mol. The summed E-state index contributed by atoms with van der Waals surface area (Å²) < 4.78 is 48.6. The predicted molar refractivity (Wildman–Crippen MR) is 79.4 cm³/mol. The van der Waals surface area contributed by atoms with Crippen LogP contribution >= 0.6 is 11.7 Å². The van der Waals surface area contributed by atoms with E-state index in [1.54, 1.807) is 19.1 Å². The second-order valence-electron chi connectivity index (χ2n) is 4.45. The van der Waals surface area contributed by atoms with E-state index < -0.39 is 15.8 Å². The lowest BCUT2D eigenvalue weighted by molar-refractivity contribution is 0.601. The minimum absolute atomic E-state index is 0.0254. The zero-order valence-corrected chi connectivity index (χ0v) is 12.5. The average Bonchev–Trinajstić information content (AvgIpc) is 2.90. The normalized spacial score (nSPS) is 11.7. The molecule has 0 aliphatic heterocycles. The van der Waals surface area contributed by atoms with Crippen molar-refractivity contribution in [1.29, 1.82) is 0 Å². The molecule has 3 rings (SSSR count). The van der Waals surface area contributed by atoms with Gasteiger partial charge in [-0.25, -0.2) is 12.8 Å². The van der Waals surface area contributed by atoms with Gasteiger partial charge in [0.15, 0.2) is 0 Å². The zero-order valence-electron chi connectivity index (χ0n) is 10.9. The van der Waals surface area contributed by atoms with E-state index in [0.29, 0.717) is 16.6 Å². The number of halogens is 1. The molecule has 3 aromatic rings. The summed E-state index contributed by atoms with van der Waals surface area (Å²) in [7, 11) is -3.86. The van der Waals surface area contributed by atoms with Gasteiger partial charge in [0.25, 0.3) is 10.0 Å². The van der Waals surface area contributed by atoms with Crippen molar-refractivity contribution in [2.24, 2.45) is 0 Å². The van der Waals surface area contributed by atoms with Crippen molar-refractivity contribution >= 4 is 38.5 Å². The Morgan fingerprint density at radius 1 is 1.19 bits per heavy atom. The molecule has 2 aromatic carbocycles. The fourth-order valence-corrected chi connectivity index (χ4v) is 3.79. The van der Waals surface area contributed by atoms with Gasteiger partial charge in [0.05, 0.1) is 17.4 Å². The highest BCUT2D eigenvalue weighted by molar-refractivity contribution is 7.93. The number of aryl methyl sites for hydroxylation is 1. The molecule has 1 heterocycles. The lowest BCUT2D eigenvalue weighted by Gasteiger charge is -2.10. The van der Waals surface area contributed by atoms with Crippen LogP contribution in [0.5, 0.6) is 0 Å². The second-order valence-corrected chi connectivity index (χ2v) is 6.63. The fourth-order valence-electron chi connectivity index (χ4n) is 1.90. The van der Waals surface area contributed by atoms with Gasteiger partial charge in [-0.1, -0.05) is 12.1 Å². The van der Waals surface area contributed by atoms with Gasteiger partial charge >= 0.3 is 0 Å². The Labute approximate surface area is 124 Å². The molecule has 0 saturated heterocycles. The first-order valence-electron chi connectivity index (χ1n) is 5.97. The van der Waals surface area contributed by atoms with Crippen LogP contribution in [0.1, 0.15) is 5.56 Å². The zero-order chi connectivity index (χ0) is 15.0. The van der Waals surface area contributed by atoms with Crippen molar-refractivity contribution in [3.8, 4) is 0 Å². The van der Waals surface area contributed by atoms with Crippen LogP contribution in [0.2, 0.25) is 0 Å². The highest BCUT2D eigenvalue weighted by atomic mass is 32.2. The summed E-state index contributed by atoms with van der Waals surface area (Å²) >= 11 is 0.943. The molecule has 108 valence electrons. The first kappa shape index (κ1) is 13.9. The van der Waals surface area contributed by atoms with Gasteiger partial charge in [-0.05, 0) is 36.8 Å². The molecule has 0 amide bonds. The van der Waals surface area contributed by atoms with E-state index in [1.807, 2.05) is 0 Å². The molecular formula is C13H10FN3O2S2. The summed E-state index contributed by atoms with van der Waals surface area (Å²) in [6.45, 7) is 1.70. The Hall–Kier alpha value is -2.06. The number of hydrogen-bond donors (Lipinski definition) is 1. The molecule has 0 aliphatic carbocycles. The lowest BCUT2D eigenvalue weighted by atomic mass is 10.2. The standard InChI is InChI=1S/C13H10FN3O2S2/c1-8-5-6-9(14)7-11(8)17-21(18,19)12-4-2-3-10-13(12)16-20-15-10/h2-7,17H,1H3. The maximum Gasteiger partial charge on any atom is 0.264 e. The third-order valence-corrected chi connectivity index (χ3v) is 4.92. The number of nitrogens with one attached hydrogen (secondary N) is 1. The molecule has 1 N–H and O–H groups in total. The van der Waals surface area contributed by atoms with Crippen LogP contribution in [0.15, 0.2) is 41.3 Å². The van der Waals surface area contributed by atoms with Gasteiger partial charge in [0, 0.05) is 0 Å². The number of nitrogens with zero attached hydrogens (tertiary/aromatic N) is 2. The van der Waals surface area contributed by atoms with Crippen molar-refractivity contribution in [3.05, 3.63) is 47.8 Å². The van der Waals surface area contributed by atoms with Gasteiger partial charge < -0.3 is 0 Å². The maximum absolute atomic E-state index is 13.3. The molecule has 0 atom stereocenters. The third kappa shape index (κ3) is 2.59. The van der Waals surface area contributed by atoms with E-state index in [4.69, 9.17) is 0 Å². The van der Waals surface area contributed by atoms with Crippen LogP contribution in [0, 0.1) is 12.7 Å². The van der Waals surface area contributed by atoms with Crippen molar-refractivity contribution < 1.29 is 12.8 Å². The molecule has 0 aliphatic rings. The van der Waals surface area contributed by atoms with E-state index in [9.17, 15) is 12.8 Å². The topological polar surface area (TPSA) is 72.0 Å². The number of aromatic nitrogens is 2. The summed E-state index contributed by atoms with van der Waals surface area (Å²) in [6.07, 6.45) is 0. The van der Waals surface area contributed by atoms with Crippen molar-refractivity contribution in [2.75, 3.05) is 4.72 Å². The van der Waals surface area contributed by atoms with Crippen LogP contribution in [0.4, 0.5) is 10.1 Å². The fraction of sp³-hybridized carbons (Fsp3) is 0.0769. The quantitative estimate of drug-likeness (QED) is 0.804. The van der Waals surface area contributed by atoms with Gasteiger partial charge in [0.1, 0.15) is 21.7 Å². The number of fused-ring (bicyclic) bond motifs is 1. The molecule has 0 unspecified atom stereocenters. The second kappa shape index (κ2) is 5.05. The highest BCUT2D eigenvalue weighted by Crippen LogP contribution is 2.25. The lowest BCUT2D eigenvalue weighted by Crippen LogP contribution is -2.14. The third-order valence-electron chi connectivity index (χ3n) is 2.98. The summed E-state index contributed by atoms with van der Waals surface area (Å²) in [4.78, 5) is 0.0254. The van der Waals surface area contributed by atoms with Crippen molar-refractivity contribution in [3.63, 3.8) is 0 Å². The van der Waals surface area contributed by atoms with Crippen molar-refractivity contribution in [2.45, 2.75) is 11.8 Å². The number of hydrogen-bond acceptors (Lipinski definition) is 5. The van der Waals surface area contributed by atoms with Gasteiger partial charge in [-0.3, -0.25) is 4.72 Å². The smallest absolute Gasteiger partial charge is 0.264 e. The highest BCUT2D eigenvalue weighted by Gasteiger charge is 2.20. The first-order valence-corrected chi connectivity index (χ1v) is 8.19. The van der Waals surface area contributed by atoms with E-state index in [1.165, 1.54) is 18.2 Å². The minimum Gasteiger partial charge on any atom is -0.279 e. The number of benzene rings is 2. The van der Waals surface area contributed by atoms with Gasteiger partial charge in [-0.15, -0.1) is 0 Å². The Kier molecular flexibility index (Phi) is 3.34. The van der Waals surface area contributed by atoms with Gasteiger partial charge in [-0.2, -0.15) is 8.75 Å². The molecule has 0 spiro atoms. The Morgan fingerprint density at radius 3 is 2.81 bits per heavy atom. The SMILES string of the molecule is Cc1ccc(F)cc1NS(=O)(=O)c1cccc2nsnc12. The summed E-state index contributed by atoms with van der Waals surface area (Å²) in [5.41, 5.74) is 1.65. The molecule has 0 saturated carbocycles. The van der Waals surface area contributed by atoms with Crippen LogP contribution < -0.4 is 4.72 Å². The Bertz CT molecular complexity index is 922. The van der Waals surface area contributed by atoms with E-state index in [0.717, 1.165) is 17.8 Å². The maximum atomic E-state index is 13.3. The van der Waals surface area contributed by atoms with Crippen LogP contribution in [0.3, 0.4) is 0 Å². The van der Waals surface area contributed by atoms with Crippen LogP contribution in [-0.2, 0) is 10.0 Å². The van der Waals surface area contributed by atoms with Gasteiger partial charge in [0.2, 0.25) is 0 Å². The molecule has 1 aromatic heterocycles. The van der Waals surface area contributed by atoms with E-state index in [-0.39, 0.29) is 10.6 Å². The van der Waals surface area contributed by atoms with E-state index in [2.05, 4.69) is 13.5 Å². The predicted octanol–water partition coefficient (Wildman–Crippen LogP) is 2.94. The molecule has 5 nitrogen and oxygen atoms in total.